The van der Waals surface area contributed by atoms with Gasteiger partial charge in [0.25, 0.3) is 0 Å². The molecule has 20 heavy (non-hydrogen) atoms. The molecule has 3 rings (SSSR count). The molecular formula is C17H18NOP+2. The molecule has 1 N–H and O–H groups in total. The summed E-state index contributed by atoms with van der Waals surface area (Å²) in [4.78, 5) is 11.5. The van der Waals surface area contributed by atoms with Crippen molar-refractivity contribution in [3.05, 3.63) is 72.2 Å². The number of allylic oxidation sites excluding steroid dienone is 3. The van der Waals surface area contributed by atoms with Gasteiger partial charge in [0.2, 0.25) is 0 Å². The number of hydrogen-bond acceptors (Lipinski definition) is 1. The molecule has 0 aliphatic carbocycles. The van der Waals surface area contributed by atoms with Crippen molar-refractivity contribution in [2.24, 2.45) is 7.05 Å². The molecule has 0 radical (unpaired) electrons. The largest absolute Gasteiger partial charge is 0.356 e. The summed E-state index contributed by atoms with van der Waals surface area (Å²) in [7, 11) is -0.594. The van der Waals surface area contributed by atoms with Gasteiger partial charge in [-0.3, -0.25) is 0 Å². The molecule has 0 saturated carbocycles. The normalized spacial score (nSPS) is 23.1. The van der Waals surface area contributed by atoms with Crippen molar-refractivity contribution in [2.45, 2.75) is 6.92 Å². The topological polar surface area (TPSA) is 24.1 Å². The Bertz CT molecular complexity index is 735. The van der Waals surface area contributed by atoms with Gasteiger partial charge in [0.05, 0.1) is 6.07 Å². The van der Waals surface area contributed by atoms with E-state index < -0.39 is 7.49 Å². The van der Waals surface area contributed by atoms with Crippen molar-refractivity contribution in [1.29, 1.82) is 0 Å². The smallest absolute Gasteiger partial charge is 0.229 e. The molecule has 1 atom stereocenters. The molecule has 0 saturated heterocycles. The van der Waals surface area contributed by atoms with Crippen LogP contribution in [-0.4, -0.2) is 4.89 Å². The predicted octanol–water partition coefficient (Wildman–Crippen LogP) is 2.32. The third kappa shape index (κ3) is 1.62. The van der Waals surface area contributed by atoms with E-state index in [9.17, 15) is 4.89 Å². The van der Waals surface area contributed by atoms with Crippen LogP contribution in [0, 0.1) is 0 Å². The van der Waals surface area contributed by atoms with Crippen LogP contribution in [-0.2, 0) is 7.05 Å². The molecule has 3 heteroatoms. The second kappa shape index (κ2) is 4.66. The Morgan fingerprint density at radius 2 is 1.85 bits per heavy atom. The zero-order valence-electron chi connectivity index (χ0n) is 11.7. The van der Waals surface area contributed by atoms with Gasteiger partial charge in [-0.25, -0.2) is 4.89 Å². The Hall–Kier alpha value is -1.76. The Kier molecular flexibility index (Phi) is 3.08. The molecule has 0 fully saturated rings. The van der Waals surface area contributed by atoms with E-state index in [0.29, 0.717) is 0 Å². The SMILES string of the molecule is C=C1C(=CC)c2ccccc2[P+]1(O)c1cccc[n+]1C. The van der Waals surface area contributed by atoms with Gasteiger partial charge < -0.3 is 0 Å². The van der Waals surface area contributed by atoms with E-state index in [-0.39, 0.29) is 0 Å². The summed E-state index contributed by atoms with van der Waals surface area (Å²) in [5, 5.41) is 1.86. The van der Waals surface area contributed by atoms with Crippen LogP contribution < -0.4 is 15.3 Å². The summed E-state index contributed by atoms with van der Waals surface area (Å²) in [6.07, 6.45) is 4.01. The molecule has 1 unspecified atom stereocenters. The molecular weight excluding hydrogens is 265 g/mol. The fraction of sp³-hybridized carbons (Fsp3) is 0.118. The van der Waals surface area contributed by atoms with Gasteiger partial charge in [0.1, 0.15) is 17.7 Å². The van der Waals surface area contributed by atoms with Crippen molar-refractivity contribution in [2.75, 3.05) is 0 Å². The maximum Gasteiger partial charge on any atom is 0.356 e. The number of hydrogen-bond donors (Lipinski definition) is 1. The van der Waals surface area contributed by atoms with Crippen LogP contribution in [0.3, 0.4) is 0 Å². The lowest BCUT2D eigenvalue weighted by Crippen LogP contribution is -2.47. The number of benzene rings is 1. The lowest BCUT2D eigenvalue weighted by atomic mass is 10.1. The number of nitrogens with zero attached hydrogens (tertiary/aromatic N) is 1. The van der Waals surface area contributed by atoms with Gasteiger partial charge in [-0.15, -0.1) is 0 Å². The quantitative estimate of drug-likeness (QED) is 0.630. The van der Waals surface area contributed by atoms with Gasteiger partial charge in [-0.2, -0.15) is 4.57 Å². The van der Waals surface area contributed by atoms with E-state index in [0.717, 1.165) is 27.2 Å². The first-order chi connectivity index (χ1) is 9.60. The van der Waals surface area contributed by atoms with Gasteiger partial charge in [-0.05, 0) is 19.1 Å². The first-order valence-corrected chi connectivity index (χ1v) is 8.38. The van der Waals surface area contributed by atoms with Crippen LogP contribution in [0.2, 0.25) is 0 Å². The van der Waals surface area contributed by atoms with Crippen LogP contribution in [0.1, 0.15) is 12.5 Å². The zero-order valence-corrected chi connectivity index (χ0v) is 12.6. The van der Waals surface area contributed by atoms with Crippen molar-refractivity contribution in [3.63, 3.8) is 0 Å². The first-order valence-electron chi connectivity index (χ1n) is 6.64. The number of pyridine rings is 1. The fourth-order valence-electron chi connectivity index (χ4n) is 2.89. The fourth-order valence-corrected chi connectivity index (χ4v) is 5.98. The van der Waals surface area contributed by atoms with Crippen LogP contribution >= 0.6 is 7.49 Å². The third-order valence-electron chi connectivity index (χ3n) is 3.89. The van der Waals surface area contributed by atoms with Gasteiger partial charge in [0, 0.05) is 17.2 Å². The number of fused-ring (bicyclic) bond motifs is 1. The summed E-state index contributed by atoms with van der Waals surface area (Å²) in [6.45, 7) is 6.21. The highest BCUT2D eigenvalue weighted by atomic mass is 31.2. The Morgan fingerprint density at radius 1 is 1.15 bits per heavy atom. The Balaban J connectivity index is 2.35. The summed E-state index contributed by atoms with van der Waals surface area (Å²) < 4.78 is 1.99. The second-order valence-corrected chi connectivity index (χ2v) is 7.72. The number of aromatic nitrogens is 1. The average molecular weight is 283 g/mol. The molecule has 0 bridgehead atoms. The molecule has 1 aromatic carbocycles. The van der Waals surface area contributed by atoms with E-state index in [1.807, 2.05) is 67.2 Å². The zero-order chi connectivity index (χ0) is 14.3. The molecule has 1 aromatic heterocycles. The van der Waals surface area contributed by atoms with E-state index >= 15 is 0 Å². The van der Waals surface area contributed by atoms with Crippen molar-refractivity contribution >= 4 is 23.8 Å². The van der Waals surface area contributed by atoms with E-state index in [1.165, 1.54) is 0 Å². The van der Waals surface area contributed by atoms with Crippen LogP contribution in [0.4, 0.5) is 0 Å². The summed E-state index contributed by atoms with van der Waals surface area (Å²) in [6, 6.07) is 14.0. The molecule has 100 valence electrons. The highest BCUT2D eigenvalue weighted by Crippen LogP contribution is 2.67. The van der Waals surface area contributed by atoms with Crippen LogP contribution in [0.25, 0.3) is 5.57 Å². The Morgan fingerprint density at radius 3 is 2.55 bits per heavy atom. The summed E-state index contributed by atoms with van der Waals surface area (Å²) in [5.41, 5.74) is 3.12. The van der Waals surface area contributed by atoms with Crippen LogP contribution in [0.5, 0.6) is 0 Å². The monoisotopic (exact) mass is 283 g/mol. The van der Waals surface area contributed by atoms with Crippen LogP contribution in [0.15, 0.2) is 66.6 Å². The summed E-state index contributed by atoms with van der Waals surface area (Å²) >= 11 is 0. The van der Waals surface area contributed by atoms with Crippen molar-refractivity contribution in [1.82, 2.24) is 0 Å². The van der Waals surface area contributed by atoms with E-state index in [4.69, 9.17) is 0 Å². The minimum atomic E-state index is -2.56. The second-order valence-electron chi connectivity index (χ2n) is 4.97. The predicted molar refractivity (Wildman–Crippen MR) is 85.3 cm³/mol. The van der Waals surface area contributed by atoms with Gasteiger partial charge >= 0.3 is 12.9 Å². The molecule has 2 aromatic rings. The van der Waals surface area contributed by atoms with E-state index in [2.05, 4.69) is 12.6 Å². The van der Waals surface area contributed by atoms with Gasteiger partial charge in [0.15, 0.2) is 6.20 Å². The summed E-state index contributed by atoms with van der Waals surface area (Å²) in [5.74, 6) is 0. The number of aryl methyl sites for hydroxylation is 1. The van der Waals surface area contributed by atoms with E-state index in [1.54, 1.807) is 0 Å². The number of rotatable bonds is 1. The molecule has 2 nitrogen and oxygen atoms in total. The lowest BCUT2D eigenvalue weighted by molar-refractivity contribution is -0.653. The maximum atomic E-state index is 11.5. The molecule has 0 amide bonds. The van der Waals surface area contributed by atoms with Crippen molar-refractivity contribution < 1.29 is 9.46 Å². The molecule has 0 spiro atoms. The minimum absolute atomic E-state index is 0.850. The minimum Gasteiger partial charge on any atom is -0.229 e. The average Bonchev–Trinajstić information content (AvgIpc) is 2.69. The molecule has 2 heterocycles. The molecule has 1 aliphatic rings. The highest BCUT2D eigenvalue weighted by molar-refractivity contribution is 7.89. The standard InChI is InChI=1S/C17H18NOP/c1-4-14-13(2)20(19,16-10-6-5-9-15(14)16)17-11-7-8-12-18(17)3/h4-12,19H,2H2,1,3H3/q+2. The van der Waals surface area contributed by atoms with Gasteiger partial charge in [-0.1, -0.05) is 30.9 Å². The van der Waals surface area contributed by atoms with Crippen molar-refractivity contribution in [3.8, 4) is 0 Å². The highest BCUT2D eigenvalue weighted by Gasteiger charge is 2.59. The Labute approximate surface area is 120 Å². The third-order valence-corrected chi connectivity index (χ3v) is 7.13. The lowest BCUT2D eigenvalue weighted by Gasteiger charge is -2.12. The maximum absolute atomic E-state index is 11.5. The first kappa shape index (κ1) is 13.2. The molecule has 1 aliphatic heterocycles.